The van der Waals surface area contributed by atoms with Gasteiger partial charge in [-0.1, -0.05) is 119 Å². The number of aromatic nitrogens is 3. The monoisotopic (exact) mass is 778 g/mol. The molecule has 0 unspecified atom stereocenters. The largest absolute Gasteiger partial charge is 0.308 e. The van der Waals surface area contributed by atoms with Crippen LogP contribution in [-0.4, -0.2) is 25.9 Å². The molecule has 1 aliphatic heterocycles. The van der Waals surface area contributed by atoms with Crippen LogP contribution in [0.1, 0.15) is 126 Å². The summed E-state index contributed by atoms with van der Waals surface area (Å²) in [5, 5.41) is 4.56. The number of imide groups is 1. The molecule has 0 bridgehead atoms. The van der Waals surface area contributed by atoms with Gasteiger partial charge in [0.2, 0.25) is 0 Å². The molecule has 298 valence electrons. The van der Waals surface area contributed by atoms with E-state index in [0.29, 0.717) is 22.6 Å². The van der Waals surface area contributed by atoms with Crippen LogP contribution in [0.5, 0.6) is 0 Å². The first-order chi connectivity index (χ1) is 27.6. The summed E-state index contributed by atoms with van der Waals surface area (Å²) in [4.78, 5) is 35.0. The predicted octanol–water partition coefficient (Wildman–Crippen LogP) is 13.3. The zero-order valence-corrected chi connectivity index (χ0v) is 36.5. The molecule has 8 aromatic rings. The van der Waals surface area contributed by atoms with Crippen molar-refractivity contribution in [2.24, 2.45) is 0 Å². The summed E-state index contributed by atoms with van der Waals surface area (Å²) in [6, 6.07) is 36.2. The Morgan fingerprint density at radius 3 is 1.10 bits per heavy atom. The number of hydrogen-bond acceptors (Lipinski definition) is 3. The highest BCUT2D eigenvalue weighted by Crippen LogP contribution is 2.43. The van der Waals surface area contributed by atoms with Gasteiger partial charge >= 0.3 is 0 Å². The molecule has 4 heterocycles. The molecule has 5 aromatic carbocycles. The molecule has 59 heavy (non-hydrogen) atoms. The Morgan fingerprint density at radius 1 is 0.424 bits per heavy atom. The Labute approximate surface area is 347 Å². The van der Waals surface area contributed by atoms with Crippen molar-refractivity contribution >= 4 is 61.2 Å². The predicted molar refractivity (Wildman–Crippen MR) is 245 cm³/mol. The molecule has 3 aromatic heterocycles. The van der Waals surface area contributed by atoms with Crippen molar-refractivity contribution in [1.82, 2.24) is 14.1 Å². The zero-order valence-electron chi connectivity index (χ0n) is 36.5. The lowest BCUT2D eigenvalue weighted by molar-refractivity contribution is 0.0925. The second kappa shape index (κ2) is 12.7. The molecular formula is C53H54N4O2. The number of fused-ring (bicyclic) bond motifs is 7. The molecule has 6 heteroatoms. The van der Waals surface area contributed by atoms with Gasteiger partial charge in [-0.05, 0) is 111 Å². The molecule has 0 atom stereocenters. The molecule has 6 nitrogen and oxygen atoms in total. The lowest BCUT2D eigenvalue weighted by Gasteiger charge is -2.22. The molecule has 1 aliphatic rings. The van der Waals surface area contributed by atoms with E-state index in [-0.39, 0.29) is 33.5 Å². The average molecular weight is 779 g/mol. The van der Waals surface area contributed by atoms with Gasteiger partial charge in [0.1, 0.15) is 0 Å². The summed E-state index contributed by atoms with van der Waals surface area (Å²) in [6.07, 6.45) is 1.82. The minimum absolute atomic E-state index is 0.0384. The fourth-order valence-electron chi connectivity index (χ4n) is 8.73. The first kappa shape index (κ1) is 38.5. The summed E-state index contributed by atoms with van der Waals surface area (Å²) in [7, 11) is 0. The molecule has 0 saturated heterocycles. The smallest absolute Gasteiger partial charge is 0.267 e. The van der Waals surface area contributed by atoms with Crippen molar-refractivity contribution in [3.05, 3.63) is 143 Å². The SMILES string of the molecule is CC(C)(C)c1ccc2c(c1)c1cc(C(C)(C)C)ccc1n2-c1cnc(N2C(=O)c3ccccc3C2=O)c(-n2c3ccc(C(C)(C)C)cc3c3cc(C(C)(C)C)ccc32)c1. The van der Waals surface area contributed by atoms with Crippen LogP contribution >= 0.6 is 0 Å². The standard InChI is InChI=1S/C53H54N4O2/c1-50(2,3)31-17-21-42-38(25-31)39-26-32(51(4,5)6)18-22-43(39)55(42)35-29-46(47(54-30-35)57-48(58)36-15-13-14-16-37(36)49(57)59)56-44-23-19-33(52(7,8)9)27-40(44)41-28-34(53(10,11)12)20-24-45(41)56/h13-30H,1-12H3. The molecule has 0 saturated carbocycles. The molecule has 9 rings (SSSR count). The maximum Gasteiger partial charge on any atom is 0.267 e. The van der Waals surface area contributed by atoms with E-state index in [1.54, 1.807) is 24.3 Å². The van der Waals surface area contributed by atoms with Crippen LogP contribution in [-0.2, 0) is 21.7 Å². The maximum atomic E-state index is 14.3. The summed E-state index contributed by atoms with van der Waals surface area (Å²) in [6.45, 7) is 26.9. The Hall–Kier alpha value is -6.01. The molecule has 0 radical (unpaired) electrons. The number of anilines is 1. The minimum Gasteiger partial charge on any atom is -0.308 e. The third-order valence-electron chi connectivity index (χ3n) is 12.3. The van der Waals surface area contributed by atoms with Gasteiger partial charge in [0.25, 0.3) is 11.8 Å². The number of nitrogens with zero attached hydrogens (tertiary/aromatic N) is 4. The van der Waals surface area contributed by atoms with Crippen LogP contribution in [0.15, 0.2) is 109 Å². The second-order valence-corrected chi connectivity index (χ2v) is 20.6. The zero-order chi connectivity index (χ0) is 42.1. The van der Waals surface area contributed by atoms with E-state index in [4.69, 9.17) is 4.98 Å². The van der Waals surface area contributed by atoms with Crippen LogP contribution in [0.2, 0.25) is 0 Å². The average Bonchev–Trinajstić information content (AvgIpc) is 3.76. The number of rotatable bonds is 3. The number of benzene rings is 5. The Bertz CT molecular complexity index is 2900. The molecule has 0 N–H and O–H groups in total. The summed E-state index contributed by atoms with van der Waals surface area (Å²) in [5.41, 5.74) is 11.1. The van der Waals surface area contributed by atoms with Crippen LogP contribution in [0.25, 0.3) is 55.0 Å². The number of hydrogen-bond donors (Lipinski definition) is 0. The maximum absolute atomic E-state index is 14.3. The molecule has 0 aliphatic carbocycles. The van der Waals surface area contributed by atoms with E-state index in [2.05, 4.69) is 171 Å². The van der Waals surface area contributed by atoms with Gasteiger partial charge in [0.15, 0.2) is 5.82 Å². The van der Waals surface area contributed by atoms with Gasteiger partial charge in [0, 0.05) is 21.5 Å². The lowest BCUT2D eigenvalue weighted by atomic mass is 9.85. The highest BCUT2D eigenvalue weighted by atomic mass is 16.2. The fraction of sp³-hybridized carbons (Fsp3) is 0.302. The second-order valence-electron chi connectivity index (χ2n) is 20.6. The summed E-state index contributed by atoms with van der Waals surface area (Å²) < 4.78 is 4.50. The molecule has 0 spiro atoms. The van der Waals surface area contributed by atoms with Crippen molar-refractivity contribution in [2.75, 3.05) is 4.90 Å². The quantitative estimate of drug-likeness (QED) is 0.168. The topological polar surface area (TPSA) is 60.1 Å². The van der Waals surface area contributed by atoms with Crippen molar-refractivity contribution in [3.63, 3.8) is 0 Å². The summed E-state index contributed by atoms with van der Waals surface area (Å²) in [5.74, 6) is -0.456. The van der Waals surface area contributed by atoms with Gasteiger partial charge in [-0.25, -0.2) is 9.88 Å². The van der Waals surface area contributed by atoms with E-state index < -0.39 is 0 Å². The van der Waals surface area contributed by atoms with E-state index in [1.807, 2.05) is 6.20 Å². The van der Waals surface area contributed by atoms with Gasteiger partial charge in [0.05, 0.1) is 50.8 Å². The van der Waals surface area contributed by atoms with Gasteiger partial charge in [-0.2, -0.15) is 0 Å². The third kappa shape index (κ3) is 6.10. The van der Waals surface area contributed by atoms with Crippen molar-refractivity contribution in [1.29, 1.82) is 0 Å². The van der Waals surface area contributed by atoms with Crippen molar-refractivity contribution < 1.29 is 9.59 Å². The molecule has 2 amide bonds. The number of carbonyl (C=O) groups is 2. The summed E-state index contributed by atoms with van der Waals surface area (Å²) >= 11 is 0. The van der Waals surface area contributed by atoms with E-state index in [9.17, 15) is 9.59 Å². The number of pyridine rings is 1. The molecular weight excluding hydrogens is 725 g/mol. The van der Waals surface area contributed by atoms with E-state index in [1.165, 1.54) is 37.9 Å². The first-order valence-electron chi connectivity index (χ1n) is 20.8. The van der Waals surface area contributed by atoms with E-state index >= 15 is 0 Å². The van der Waals surface area contributed by atoms with Gasteiger partial charge in [-0.3, -0.25) is 9.59 Å². The normalized spacial score (nSPS) is 14.1. The minimum atomic E-state index is -0.376. The Balaban J connectivity index is 1.39. The van der Waals surface area contributed by atoms with Crippen LogP contribution in [0, 0.1) is 0 Å². The Morgan fingerprint density at radius 2 is 0.763 bits per heavy atom. The lowest BCUT2D eigenvalue weighted by Crippen LogP contribution is -2.31. The van der Waals surface area contributed by atoms with Crippen molar-refractivity contribution in [3.8, 4) is 11.4 Å². The highest BCUT2D eigenvalue weighted by molar-refractivity contribution is 6.34. The first-order valence-corrected chi connectivity index (χ1v) is 20.8. The van der Waals surface area contributed by atoms with Crippen LogP contribution < -0.4 is 4.90 Å². The van der Waals surface area contributed by atoms with Crippen LogP contribution in [0.4, 0.5) is 5.82 Å². The Kier molecular flexibility index (Phi) is 8.32. The van der Waals surface area contributed by atoms with Crippen LogP contribution in [0.3, 0.4) is 0 Å². The van der Waals surface area contributed by atoms with Gasteiger partial charge < -0.3 is 9.13 Å². The molecule has 0 fully saturated rings. The fourth-order valence-corrected chi connectivity index (χ4v) is 8.73. The highest BCUT2D eigenvalue weighted by Gasteiger charge is 2.39. The van der Waals surface area contributed by atoms with Crippen molar-refractivity contribution in [2.45, 2.75) is 105 Å². The number of carbonyl (C=O) groups excluding carboxylic acids is 2. The third-order valence-corrected chi connectivity index (χ3v) is 12.3. The van der Waals surface area contributed by atoms with E-state index in [0.717, 1.165) is 38.5 Å². The number of amides is 2. The van der Waals surface area contributed by atoms with Gasteiger partial charge in [-0.15, -0.1) is 0 Å².